The van der Waals surface area contributed by atoms with Gasteiger partial charge in [-0.2, -0.15) is 5.10 Å². The Morgan fingerprint density at radius 1 is 1.54 bits per heavy atom. The predicted molar refractivity (Wildman–Crippen MR) is 55.3 cm³/mol. The van der Waals surface area contributed by atoms with Crippen LogP contribution in [0.2, 0.25) is 0 Å². The summed E-state index contributed by atoms with van der Waals surface area (Å²) in [5.74, 6) is 0.852. The van der Waals surface area contributed by atoms with Gasteiger partial charge in [-0.15, -0.1) is 0 Å². The number of nitrogens with zero attached hydrogens (tertiary/aromatic N) is 3. The summed E-state index contributed by atoms with van der Waals surface area (Å²) >= 11 is 2.23. The summed E-state index contributed by atoms with van der Waals surface area (Å²) in [6.45, 7) is 2.62. The molecule has 0 radical (unpaired) electrons. The molecule has 0 aliphatic carbocycles. The highest BCUT2D eigenvalue weighted by atomic mass is 127. The van der Waals surface area contributed by atoms with E-state index in [4.69, 9.17) is 4.52 Å². The van der Waals surface area contributed by atoms with Crippen molar-refractivity contribution in [1.29, 1.82) is 0 Å². The molecule has 5 heteroatoms. The number of halogens is 1. The van der Waals surface area contributed by atoms with E-state index in [0.29, 0.717) is 0 Å². The maximum absolute atomic E-state index is 4.95. The van der Waals surface area contributed by atoms with Crippen LogP contribution in [0.5, 0.6) is 0 Å². The summed E-state index contributed by atoms with van der Waals surface area (Å²) in [5.41, 5.74) is 1.07. The van der Waals surface area contributed by atoms with E-state index < -0.39 is 0 Å². The maximum atomic E-state index is 4.95. The molecule has 0 unspecified atom stereocenters. The molecule has 13 heavy (non-hydrogen) atoms. The summed E-state index contributed by atoms with van der Waals surface area (Å²) in [6, 6.07) is 0. The minimum Gasteiger partial charge on any atom is -0.361 e. The lowest BCUT2D eigenvalue weighted by atomic mass is 10.3. The highest BCUT2D eigenvalue weighted by molar-refractivity contribution is 14.1. The molecule has 2 rings (SSSR count). The Kier molecular flexibility index (Phi) is 2.34. The lowest BCUT2D eigenvalue weighted by Crippen LogP contribution is -1.99. The quantitative estimate of drug-likeness (QED) is 0.792. The second kappa shape index (κ2) is 3.49. The Labute approximate surface area is 89.1 Å². The first-order chi connectivity index (χ1) is 6.25. The molecule has 2 heterocycles. The van der Waals surface area contributed by atoms with Crippen LogP contribution in [-0.4, -0.2) is 14.9 Å². The van der Waals surface area contributed by atoms with Gasteiger partial charge in [0.2, 0.25) is 0 Å². The molecule has 68 valence electrons. The van der Waals surface area contributed by atoms with Crippen LogP contribution in [0.1, 0.15) is 11.3 Å². The Morgan fingerprint density at radius 3 is 2.92 bits per heavy atom. The minimum absolute atomic E-state index is 0.721. The van der Waals surface area contributed by atoms with Gasteiger partial charge < -0.3 is 4.52 Å². The van der Waals surface area contributed by atoms with Crippen LogP contribution in [0.25, 0.3) is 0 Å². The van der Waals surface area contributed by atoms with Crippen molar-refractivity contribution in [2.45, 2.75) is 13.5 Å². The molecule has 2 aromatic rings. The first-order valence-electron chi connectivity index (χ1n) is 3.84. The average Bonchev–Trinajstić information content (AvgIpc) is 2.64. The summed E-state index contributed by atoms with van der Waals surface area (Å²) in [6.07, 6.45) is 5.53. The van der Waals surface area contributed by atoms with Crippen LogP contribution < -0.4 is 0 Å². The molecule has 0 N–H and O–H groups in total. The van der Waals surface area contributed by atoms with Crippen molar-refractivity contribution >= 4 is 22.6 Å². The molecule has 0 amide bonds. The van der Waals surface area contributed by atoms with E-state index in [1.54, 1.807) is 6.20 Å². The third kappa shape index (κ3) is 1.90. The number of aryl methyl sites for hydroxylation is 1. The van der Waals surface area contributed by atoms with Gasteiger partial charge in [0.05, 0.1) is 22.5 Å². The van der Waals surface area contributed by atoms with Gasteiger partial charge >= 0.3 is 0 Å². The molecule has 0 saturated carbocycles. The van der Waals surface area contributed by atoms with Crippen LogP contribution >= 0.6 is 22.6 Å². The van der Waals surface area contributed by atoms with Crippen LogP contribution in [0.3, 0.4) is 0 Å². The first-order valence-corrected chi connectivity index (χ1v) is 4.91. The average molecular weight is 289 g/mol. The standard InChI is InChI=1S/C8H8IN3O/c1-6-7(2-11-13-6)4-12-5-8(9)3-10-12/h2-3,5H,4H2,1H3. The lowest BCUT2D eigenvalue weighted by Gasteiger charge is -1.97. The largest absolute Gasteiger partial charge is 0.361 e. The highest BCUT2D eigenvalue weighted by Crippen LogP contribution is 2.09. The smallest absolute Gasteiger partial charge is 0.138 e. The SMILES string of the molecule is Cc1oncc1Cn1cc(I)cn1. The predicted octanol–water partition coefficient (Wildman–Crippen LogP) is 1.83. The molecule has 0 spiro atoms. The summed E-state index contributed by atoms with van der Waals surface area (Å²) in [4.78, 5) is 0. The maximum Gasteiger partial charge on any atom is 0.138 e. The summed E-state index contributed by atoms with van der Waals surface area (Å²) in [7, 11) is 0. The molecule has 0 bridgehead atoms. The van der Waals surface area contributed by atoms with Gasteiger partial charge in [-0.1, -0.05) is 5.16 Å². The third-order valence-corrected chi connectivity index (χ3v) is 2.34. The van der Waals surface area contributed by atoms with Gasteiger partial charge in [-0.25, -0.2) is 0 Å². The van der Waals surface area contributed by atoms with E-state index in [1.165, 1.54) is 0 Å². The molecule has 0 aliphatic rings. The van der Waals surface area contributed by atoms with Crippen molar-refractivity contribution in [2.75, 3.05) is 0 Å². The normalized spacial score (nSPS) is 10.6. The van der Waals surface area contributed by atoms with Crippen LogP contribution in [-0.2, 0) is 6.54 Å². The Morgan fingerprint density at radius 2 is 2.38 bits per heavy atom. The van der Waals surface area contributed by atoms with Gasteiger partial charge in [-0.3, -0.25) is 4.68 Å². The molecular weight excluding hydrogens is 281 g/mol. The van der Waals surface area contributed by atoms with Crippen LogP contribution in [0.4, 0.5) is 0 Å². The van der Waals surface area contributed by atoms with E-state index >= 15 is 0 Å². The summed E-state index contributed by atoms with van der Waals surface area (Å²) < 4.78 is 7.94. The van der Waals surface area contributed by atoms with Crippen molar-refractivity contribution in [3.63, 3.8) is 0 Å². The second-order valence-corrected chi connectivity index (χ2v) is 4.01. The van der Waals surface area contributed by atoms with E-state index in [2.05, 4.69) is 32.8 Å². The fraction of sp³-hybridized carbons (Fsp3) is 0.250. The summed E-state index contributed by atoms with van der Waals surface area (Å²) in [5, 5.41) is 7.88. The van der Waals surface area contributed by atoms with Crippen LogP contribution in [0.15, 0.2) is 23.1 Å². The topological polar surface area (TPSA) is 43.9 Å². The van der Waals surface area contributed by atoms with Gasteiger partial charge in [0, 0.05) is 11.8 Å². The number of rotatable bonds is 2. The molecule has 0 atom stereocenters. The van der Waals surface area contributed by atoms with Crippen molar-refractivity contribution in [1.82, 2.24) is 14.9 Å². The van der Waals surface area contributed by atoms with Crippen molar-refractivity contribution in [3.8, 4) is 0 Å². The molecule has 0 aliphatic heterocycles. The zero-order chi connectivity index (χ0) is 9.26. The zero-order valence-electron chi connectivity index (χ0n) is 7.07. The van der Waals surface area contributed by atoms with Crippen molar-refractivity contribution in [3.05, 3.63) is 33.5 Å². The number of hydrogen-bond acceptors (Lipinski definition) is 3. The molecule has 4 nitrogen and oxygen atoms in total. The first kappa shape index (κ1) is 8.74. The molecule has 0 saturated heterocycles. The Bertz CT molecular complexity index is 407. The highest BCUT2D eigenvalue weighted by Gasteiger charge is 2.04. The fourth-order valence-electron chi connectivity index (χ4n) is 1.07. The van der Waals surface area contributed by atoms with E-state index in [9.17, 15) is 0 Å². The minimum atomic E-state index is 0.721. The second-order valence-electron chi connectivity index (χ2n) is 2.76. The van der Waals surface area contributed by atoms with E-state index in [1.807, 2.05) is 24.0 Å². The number of aromatic nitrogens is 3. The lowest BCUT2D eigenvalue weighted by molar-refractivity contribution is 0.395. The van der Waals surface area contributed by atoms with Crippen molar-refractivity contribution in [2.24, 2.45) is 0 Å². The Hall–Kier alpha value is -0.850. The monoisotopic (exact) mass is 289 g/mol. The molecule has 0 aromatic carbocycles. The molecular formula is C8H8IN3O. The van der Waals surface area contributed by atoms with Gasteiger partial charge in [0.15, 0.2) is 0 Å². The fourth-order valence-corrected chi connectivity index (χ4v) is 1.52. The van der Waals surface area contributed by atoms with E-state index in [-0.39, 0.29) is 0 Å². The Balaban J connectivity index is 2.19. The van der Waals surface area contributed by atoms with Gasteiger partial charge in [0.1, 0.15) is 5.76 Å². The van der Waals surface area contributed by atoms with Crippen LogP contribution in [0, 0.1) is 10.5 Å². The van der Waals surface area contributed by atoms with Gasteiger partial charge in [0.25, 0.3) is 0 Å². The van der Waals surface area contributed by atoms with Gasteiger partial charge in [-0.05, 0) is 29.5 Å². The van der Waals surface area contributed by atoms with Crippen molar-refractivity contribution < 1.29 is 4.52 Å². The van der Waals surface area contributed by atoms with E-state index in [0.717, 1.165) is 21.4 Å². The number of hydrogen-bond donors (Lipinski definition) is 0. The molecule has 2 aromatic heterocycles. The third-order valence-electron chi connectivity index (χ3n) is 1.78. The zero-order valence-corrected chi connectivity index (χ0v) is 9.22. The molecule has 0 fully saturated rings.